The van der Waals surface area contributed by atoms with Gasteiger partial charge in [0.05, 0.1) is 6.10 Å². The first-order chi connectivity index (χ1) is 11.8. The fourth-order valence-corrected chi connectivity index (χ4v) is 2.55. The second kappa shape index (κ2) is 8.05. The Labute approximate surface area is 147 Å². The number of ether oxygens (including phenoxy) is 1. The number of hydrogen-bond donors (Lipinski definition) is 2. The van der Waals surface area contributed by atoms with E-state index in [1.807, 2.05) is 32.9 Å². The molecule has 2 rings (SSSR count). The van der Waals surface area contributed by atoms with Crippen LogP contribution < -0.4 is 5.32 Å². The molecule has 2 N–H and O–H groups in total. The Morgan fingerprint density at radius 1 is 1.20 bits per heavy atom. The molecule has 0 bridgehead atoms. The SMILES string of the molecule is Cc1cc(C)cc([C@@H](C)OC[C@@](O)(C=O)NC(=O)c2ccccc2)c1. The lowest BCUT2D eigenvalue weighted by Gasteiger charge is -2.25. The largest absolute Gasteiger partial charge is 0.368 e. The number of rotatable bonds is 7. The van der Waals surface area contributed by atoms with Crippen LogP contribution in [0, 0.1) is 13.8 Å². The number of aliphatic hydroxyl groups is 1. The van der Waals surface area contributed by atoms with Crippen molar-refractivity contribution in [2.75, 3.05) is 6.61 Å². The molecule has 0 fully saturated rings. The lowest BCUT2D eigenvalue weighted by atomic mass is 10.0. The molecular formula is C20H23NO4. The number of nitrogens with one attached hydrogen (secondary N) is 1. The molecule has 0 heterocycles. The summed E-state index contributed by atoms with van der Waals surface area (Å²) in [5.74, 6) is -0.544. The Bertz CT molecular complexity index is 724. The van der Waals surface area contributed by atoms with Crippen LogP contribution in [0.5, 0.6) is 0 Å². The van der Waals surface area contributed by atoms with Crippen molar-refractivity contribution in [3.05, 3.63) is 70.8 Å². The average Bonchev–Trinajstić information content (AvgIpc) is 2.59. The molecule has 5 heteroatoms. The van der Waals surface area contributed by atoms with Gasteiger partial charge in [0.25, 0.3) is 5.91 Å². The number of carbonyl (C=O) groups excluding carboxylic acids is 2. The minimum atomic E-state index is -2.08. The standard InChI is InChI=1S/C20H23NO4/c1-14-9-15(2)11-18(10-14)16(3)25-13-20(24,12-22)21-19(23)17-7-5-4-6-8-17/h4-12,16,24H,13H2,1-3H3,(H,21,23)/t16-,20+/m1/s1. The molecule has 0 aromatic heterocycles. The molecule has 5 nitrogen and oxygen atoms in total. The van der Waals surface area contributed by atoms with Gasteiger partial charge in [-0.2, -0.15) is 0 Å². The molecule has 1 amide bonds. The van der Waals surface area contributed by atoms with Crippen molar-refractivity contribution < 1.29 is 19.4 Å². The van der Waals surface area contributed by atoms with Crippen LogP contribution in [0.25, 0.3) is 0 Å². The molecule has 132 valence electrons. The van der Waals surface area contributed by atoms with E-state index >= 15 is 0 Å². The lowest BCUT2D eigenvalue weighted by molar-refractivity contribution is -0.137. The van der Waals surface area contributed by atoms with E-state index in [0.29, 0.717) is 5.56 Å². The van der Waals surface area contributed by atoms with Crippen molar-refractivity contribution in [3.63, 3.8) is 0 Å². The van der Waals surface area contributed by atoms with Gasteiger partial charge in [0, 0.05) is 5.56 Å². The monoisotopic (exact) mass is 341 g/mol. The molecule has 0 unspecified atom stereocenters. The first-order valence-corrected chi connectivity index (χ1v) is 8.09. The van der Waals surface area contributed by atoms with Gasteiger partial charge < -0.3 is 15.2 Å². The van der Waals surface area contributed by atoms with Crippen molar-refractivity contribution >= 4 is 12.2 Å². The van der Waals surface area contributed by atoms with E-state index in [1.54, 1.807) is 30.3 Å². The second-order valence-corrected chi connectivity index (χ2v) is 6.24. The van der Waals surface area contributed by atoms with Gasteiger partial charge in [0.1, 0.15) is 6.61 Å². The molecule has 0 aliphatic heterocycles. The van der Waals surface area contributed by atoms with Crippen LogP contribution in [0.15, 0.2) is 48.5 Å². The maximum absolute atomic E-state index is 12.1. The van der Waals surface area contributed by atoms with E-state index in [9.17, 15) is 14.7 Å². The third-order valence-corrected chi connectivity index (χ3v) is 3.83. The number of amides is 1. The van der Waals surface area contributed by atoms with Crippen molar-refractivity contribution in [1.82, 2.24) is 5.32 Å². The van der Waals surface area contributed by atoms with E-state index < -0.39 is 11.6 Å². The van der Waals surface area contributed by atoms with E-state index in [1.165, 1.54) is 0 Å². The van der Waals surface area contributed by atoms with Crippen molar-refractivity contribution in [2.45, 2.75) is 32.6 Å². The third kappa shape index (κ3) is 5.24. The van der Waals surface area contributed by atoms with Crippen LogP contribution in [-0.4, -0.2) is 29.6 Å². The fourth-order valence-electron chi connectivity index (χ4n) is 2.55. The highest BCUT2D eigenvalue weighted by Gasteiger charge is 2.30. The normalized spacial score (nSPS) is 14.4. The molecule has 0 aliphatic rings. The molecule has 0 saturated carbocycles. The third-order valence-electron chi connectivity index (χ3n) is 3.83. The first-order valence-electron chi connectivity index (χ1n) is 8.09. The predicted molar refractivity (Wildman–Crippen MR) is 95.2 cm³/mol. The first kappa shape index (κ1) is 18.8. The second-order valence-electron chi connectivity index (χ2n) is 6.24. The van der Waals surface area contributed by atoms with Crippen molar-refractivity contribution in [1.29, 1.82) is 0 Å². The zero-order chi connectivity index (χ0) is 18.4. The summed E-state index contributed by atoms with van der Waals surface area (Å²) in [4.78, 5) is 23.4. The summed E-state index contributed by atoms with van der Waals surface area (Å²) >= 11 is 0. The highest BCUT2D eigenvalue weighted by molar-refractivity contribution is 5.96. The molecule has 0 aliphatic carbocycles. The maximum atomic E-state index is 12.1. The predicted octanol–water partition coefficient (Wildman–Crippen LogP) is 2.70. The topological polar surface area (TPSA) is 75.6 Å². The van der Waals surface area contributed by atoms with Gasteiger partial charge in [-0.05, 0) is 38.5 Å². The Hall–Kier alpha value is -2.50. The van der Waals surface area contributed by atoms with Crippen molar-refractivity contribution in [2.24, 2.45) is 0 Å². The van der Waals surface area contributed by atoms with Crippen LogP contribution in [0.4, 0.5) is 0 Å². The summed E-state index contributed by atoms with van der Waals surface area (Å²) in [5.41, 5.74) is 1.42. The van der Waals surface area contributed by atoms with Gasteiger partial charge in [-0.15, -0.1) is 0 Å². The number of hydrogen-bond acceptors (Lipinski definition) is 4. The van der Waals surface area contributed by atoms with Crippen molar-refractivity contribution in [3.8, 4) is 0 Å². The van der Waals surface area contributed by atoms with Crippen LogP contribution in [-0.2, 0) is 9.53 Å². The molecule has 2 atom stereocenters. The van der Waals surface area contributed by atoms with E-state index in [-0.39, 0.29) is 19.0 Å². The summed E-state index contributed by atoms with van der Waals surface area (Å²) in [6, 6.07) is 14.4. The number of aldehydes is 1. The Kier molecular flexibility index (Phi) is 6.07. The summed E-state index contributed by atoms with van der Waals surface area (Å²) in [6.45, 7) is 5.47. The highest BCUT2D eigenvalue weighted by atomic mass is 16.5. The Morgan fingerprint density at radius 2 is 1.80 bits per heavy atom. The highest BCUT2D eigenvalue weighted by Crippen LogP contribution is 2.21. The molecule has 25 heavy (non-hydrogen) atoms. The zero-order valence-corrected chi connectivity index (χ0v) is 14.7. The molecular weight excluding hydrogens is 318 g/mol. The average molecular weight is 341 g/mol. The van der Waals surface area contributed by atoms with Gasteiger partial charge in [-0.1, -0.05) is 47.5 Å². The van der Waals surface area contributed by atoms with Gasteiger partial charge in [0.2, 0.25) is 5.72 Å². The zero-order valence-electron chi connectivity index (χ0n) is 14.7. The number of benzene rings is 2. The van der Waals surface area contributed by atoms with Crippen LogP contribution >= 0.6 is 0 Å². The number of aryl methyl sites for hydroxylation is 2. The summed E-state index contributed by atoms with van der Waals surface area (Å²) in [5, 5.41) is 12.6. The molecule has 0 saturated heterocycles. The summed E-state index contributed by atoms with van der Waals surface area (Å²) in [7, 11) is 0. The molecule has 2 aromatic rings. The lowest BCUT2D eigenvalue weighted by Crippen LogP contribution is -2.53. The summed E-state index contributed by atoms with van der Waals surface area (Å²) in [6.07, 6.45) is -0.0547. The molecule has 0 spiro atoms. The smallest absolute Gasteiger partial charge is 0.253 e. The van der Waals surface area contributed by atoms with Gasteiger partial charge in [-0.25, -0.2) is 0 Å². The van der Waals surface area contributed by atoms with E-state index in [0.717, 1.165) is 16.7 Å². The minimum Gasteiger partial charge on any atom is -0.368 e. The maximum Gasteiger partial charge on any atom is 0.253 e. The Balaban J connectivity index is 2.02. The van der Waals surface area contributed by atoms with Crippen LogP contribution in [0.1, 0.15) is 40.1 Å². The van der Waals surface area contributed by atoms with Crippen LogP contribution in [0.2, 0.25) is 0 Å². The minimum absolute atomic E-state index is 0.280. The quantitative estimate of drug-likeness (QED) is 0.600. The van der Waals surface area contributed by atoms with Gasteiger partial charge >= 0.3 is 0 Å². The van der Waals surface area contributed by atoms with Gasteiger partial charge in [-0.3, -0.25) is 9.59 Å². The molecule has 2 aromatic carbocycles. The van der Waals surface area contributed by atoms with E-state index in [4.69, 9.17) is 4.74 Å². The molecule has 0 radical (unpaired) electrons. The Morgan fingerprint density at radius 3 is 2.36 bits per heavy atom. The van der Waals surface area contributed by atoms with Gasteiger partial charge in [0.15, 0.2) is 6.29 Å². The van der Waals surface area contributed by atoms with Crippen LogP contribution in [0.3, 0.4) is 0 Å². The van der Waals surface area contributed by atoms with E-state index in [2.05, 4.69) is 11.4 Å². The fraction of sp³-hybridized carbons (Fsp3) is 0.300. The number of carbonyl (C=O) groups is 2. The summed E-state index contributed by atoms with van der Waals surface area (Å²) < 4.78 is 5.63.